The smallest absolute Gasteiger partial charge is 0.308 e. The fraction of sp³-hybridized carbons (Fsp3) is 0.241. The second-order valence-electron chi connectivity index (χ2n) is 8.72. The number of nitrogens with zero attached hydrogens (tertiary/aromatic N) is 1. The predicted octanol–water partition coefficient (Wildman–Crippen LogP) is 6.13. The molecule has 1 atom stereocenters. The number of rotatable bonds is 6. The highest BCUT2D eigenvalue weighted by Gasteiger charge is 2.25. The average Bonchev–Trinajstić information content (AvgIpc) is 3.28. The van der Waals surface area contributed by atoms with Crippen molar-refractivity contribution in [3.63, 3.8) is 0 Å². The van der Waals surface area contributed by atoms with Gasteiger partial charge in [-0.1, -0.05) is 72.8 Å². The zero-order chi connectivity index (χ0) is 22.6. The summed E-state index contributed by atoms with van der Waals surface area (Å²) in [5, 5.41) is 0. The van der Waals surface area contributed by atoms with Crippen molar-refractivity contribution in [2.24, 2.45) is 5.92 Å². The van der Waals surface area contributed by atoms with Crippen LogP contribution in [-0.4, -0.2) is 11.0 Å². The minimum absolute atomic E-state index is 0.0447. The van der Waals surface area contributed by atoms with E-state index in [9.17, 15) is 4.79 Å². The quantitative estimate of drug-likeness (QED) is 0.269. The van der Waals surface area contributed by atoms with Gasteiger partial charge in [0.1, 0.15) is 12.0 Å². The molecule has 33 heavy (non-hydrogen) atoms. The fourth-order valence-electron chi connectivity index (χ4n) is 4.90. The normalized spacial score (nSPS) is 15.3. The summed E-state index contributed by atoms with van der Waals surface area (Å²) in [6.07, 6.45) is 5.46. The first-order chi connectivity index (χ1) is 16.2. The van der Waals surface area contributed by atoms with Gasteiger partial charge in [0.05, 0.1) is 11.6 Å². The van der Waals surface area contributed by atoms with Gasteiger partial charge in [-0.15, -0.1) is 0 Å². The molecule has 0 fully saturated rings. The monoisotopic (exact) mass is 437 g/mol. The predicted molar refractivity (Wildman–Crippen MR) is 127 cm³/mol. The lowest BCUT2D eigenvalue weighted by atomic mass is 9.82. The molecule has 0 saturated carbocycles. The Kier molecular flexibility index (Phi) is 6.07. The van der Waals surface area contributed by atoms with E-state index in [1.54, 1.807) is 0 Å². The first-order valence-corrected chi connectivity index (χ1v) is 11.5. The molecule has 1 unspecified atom stereocenters. The van der Waals surface area contributed by atoms with E-state index in [0.717, 1.165) is 42.8 Å². The maximum Gasteiger partial charge on any atom is 0.308 e. The molecule has 4 aromatic rings. The van der Waals surface area contributed by atoms with Gasteiger partial charge in [-0.3, -0.25) is 4.79 Å². The summed E-state index contributed by atoms with van der Waals surface area (Å²) >= 11 is 0. The summed E-state index contributed by atoms with van der Waals surface area (Å²) in [6, 6.07) is 26.9. The van der Waals surface area contributed by atoms with Crippen LogP contribution in [0.3, 0.4) is 0 Å². The Bertz CT molecular complexity index is 1190. The summed E-state index contributed by atoms with van der Waals surface area (Å²) in [5.74, 6) is 1.70. The van der Waals surface area contributed by atoms with Crippen LogP contribution in [0.5, 0.6) is 5.75 Å². The SMILES string of the molecule is CC(=O)Oc1cccc2c1CCC(Cc1nc(C(c3ccccc3)c3ccccc3)co1)C2. The number of oxazole rings is 1. The van der Waals surface area contributed by atoms with Crippen molar-refractivity contribution in [2.45, 2.75) is 38.5 Å². The molecule has 4 heteroatoms. The summed E-state index contributed by atoms with van der Waals surface area (Å²) in [7, 11) is 0. The van der Waals surface area contributed by atoms with Crippen LogP contribution in [-0.2, 0) is 24.1 Å². The van der Waals surface area contributed by atoms with Crippen LogP contribution in [0.4, 0.5) is 0 Å². The van der Waals surface area contributed by atoms with E-state index in [4.69, 9.17) is 14.1 Å². The number of carbonyl (C=O) groups is 1. The van der Waals surface area contributed by atoms with Crippen molar-refractivity contribution in [3.8, 4) is 5.75 Å². The molecule has 1 aliphatic carbocycles. The van der Waals surface area contributed by atoms with E-state index in [0.29, 0.717) is 11.7 Å². The Morgan fingerprint density at radius 1 is 1.00 bits per heavy atom. The van der Waals surface area contributed by atoms with Crippen LogP contribution in [0.25, 0.3) is 0 Å². The highest BCUT2D eigenvalue weighted by molar-refractivity contribution is 5.70. The third-order valence-corrected chi connectivity index (χ3v) is 6.39. The van der Waals surface area contributed by atoms with E-state index in [1.165, 1.54) is 23.6 Å². The Balaban J connectivity index is 1.35. The highest BCUT2D eigenvalue weighted by atomic mass is 16.5. The second-order valence-corrected chi connectivity index (χ2v) is 8.72. The van der Waals surface area contributed by atoms with E-state index in [-0.39, 0.29) is 11.9 Å². The van der Waals surface area contributed by atoms with E-state index in [1.807, 2.05) is 30.5 Å². The number of fused-ring (bicyclic) bond motifs is 1. The van der Waals surface area contributed by atoms with E-state index >= 15 is 0 Å². The number of aromatic nitrogens is 1. The van der Waals surface area contributed by atoms with Gasteiger partial charge in [0.25, 0.3) is 0 Å². The second kappa shape index (κ2) is 9.45. The number of carbonyl (C=O) groups excluding carboxylic acids is 1. The molecular weight excluding hydrogens is 410 g/mol. The lowest BCUT2D eigenvalue weighted by Crippen LogP contribution is -2.18. The number of hydrogen-bond donors (Lipinski definition) is 0. The van der Waals surface area contributed by atoms with Crippen molar-refractivity contribution in [2.75, 3.05) is 0 Å². The standard InChI is InChI=1S/C29H27NO3/c1-20(31)33-27-14-8-13-24-17-21(15-16-25(24)27)18-28-30-26(19-32-28)29(22-9-4-2-5-10-22)23-11-6-3-7-12-23/h2-14,19,21,29H,15-18H2,1H3. The van der Waals surface area contributed by atoms with Gasteiger partial charge < -0.3 is 9.15 Å². The molecule has 0 aliphatic heterocycles. The topological polar surface area (TPSA) is 52.3 Å². The lowest BCUT2D eigenvalue weighted by molar-refractivity contribution is -0.131. The minimum Gasteiger partial charge on any atom is -0.449 e. The first-order valence-electron chi connectivity index (χ1n) is 11.5. The van der Waals surface area contributed by atoms with Gasteiger partial charge in [-0.25, -0.2) is 4.98 Å². The lowest BCUT2D eigenvalue weighted by Gasteiger charge is -2.25. The molecule has 0 radical (unpaired) electrons. The fourth-order valence-corrected chi connectivity index (χ4v) is 4.90. The Labute approximate surface area is 194 Å². The van der Waals surface area contributed by atoms with Gasteiger partial charge in [0.15, 0.2) is 5.89 Å². The van der Waals surface area contributed by atoms with Crippen molar-refractivity contribution < 1.29 is 13.9 Å². The summed E-state index contributed by atoms with van der Waals surface area (Å²) < 4.78 is 11.4. The molecule has 1 heterocycles. The minimum atomic E-state index is -0.274. The summed E-state index contributed by atoms with van der Waals surface area (Å²) in [5.41, 5.74) is 5.76. The van der Waals surface area contributed by atoms with E-state index < -0.39 is 0 Å². The molecule has 4 nitrogen and oxygen atoms in total. The molecule has 0 amide bonds. The molecule has 0 saturated heterocycles. The number of hydrogen-bond acceptors (Lipinski definition) is 4. The van der Waals surface area contributed by atoms with Crippen LogP contribution >= 0.6 is 0 Å². The summed E-state index contributed by atoms with van der Waals surface area (Å²) in [6.45, 7) is 1.45. The maximum atomic E-state index is 11.4. The highest BCUT2D eigenvalue weighted by Crippen LogP contribution is 2.35. The van der Waals surface area contributed by atoms with Crippen molar-refractivity contribution in [3.05, 3.63) is 119 Å². The van der Waals surface area contributed by atoms with Gasteiger partial charge in [-0.05, 0) is 53.5 Å². The van der Waals surface area contributed by atoms with Crippen molar-refractivity contribution >= 4 is 5.97 Å². The summed E-state index contributed by atoms with van der Waals surface area (Å²) in [4.78, 5) is 16.4. The van der Waals surface area contributed by atoms with Gasteiger partial charge in [0.2, 0.25) is 0 Å². The van der Waals surface area contributed by atoms with Gasteiger partial charge >= 0.3 is 5.97 Å². The van der Waals surface area contributed by atoms with Gasteiger partial charge in [0, 0.05) is 13.3 Å². The molecule has 1 aliphatic rings. The molecule has 166 valence electrons. The average molecular weight is 438 g/mol. The zero-order valence-corrected chi connectivity index (χ0v) is 18.7. The van der Waals surface area contributed by atoms with Crippen LogP contribution in [0, 0.1) is 5.92 Å². The molecule has 1 aromatic heterocycles. The third-order valence-electron chi connectivity index (χ3n) is 6.39. The maximum absolute atomic E-state index is 11.4. The zero-order valence-electron chi connectivity index (χ0n) is 18.7. The van der Waals surface area contributed by atoms with Crippen LogP contribution < -0.4 is 4.74 Å². The van der Waals surface area contributed by atoms with E-state index in [2.05, 4.69) is 54.6 Å². The molecule has 5 rings (SSSR count). The van der Waals surface area contributed by atoms with Crippen molar-refractivity contribution in [1.82, 2.24) is 4.98 Å². The Hall–Kier alpha value is -3.66. The molecule has 0 bridgehead atoms. The third kappa shape index (κ3) is 4.75. The number of ether oxygens (including phenoxy) is 1. The van der Waals surface area contributed by atoms with Crippen molar-refractivity contribution in [1.29, 1.82) is 0 Å². The molecule has 0 N–H and O–H groups in total. The first kappa shape index (κ1) is 21.2. The van der Waals surface area contributed by atoms with Crippen LogP contribution in [0.15, 0.2) is 89.5 Å². The molecule has 3 aromatic carbocycles. The Morgan fingerprint density at radius 3 is 2.36 bits per heavy atom. The van der Waals surface area contributed by atoms with Crippen LogP contribution in [0.1, 0.15) is 53.1 Å². The molecule has 0 spiro atoms. The van der Waals surface area contributed by atoms with Gasteiger partial charge in [-0.2, -0.15) is 0 Å². The molecular formula is C29H27NO3. The van der Waals surface area contributed by atoms with Crippen LogP contribution in [0.2, 0.25) is 0 Å². The number of benzene rings is 3. The number of esters is 1. The Morgan fingerprint density at radius 2 is 1.70 bits per heavy atom. The largest absolute Gasteiger partial charge is 0.449 e.